The Labute approximate surface area is 159 Å². The molecule has 0 saturated carbocycles. The molecule has 2 aromatic carbocycles. The van der Waals surface area contributed by atoms with Crippen molar-refractivity contribution >= 4 is 17.5 Å². The molecule has 4 nitrogen and oxygen atoms in total. The van der Waals surface area contributed by atoms with Crippen molar-refractivity contribution in [2.45, 2.75) is 25.9 Å². The first-order chi connectivity index (χ1) is 12.6. The molecule has 0 unspecified atom stereocenters. The van der Waals surface area contributed by atoms with Crippen molar-refractivity contribution in [2.75, 3.05) is 19.6 Å². The number of hydrogen-bond donors (Lipinski definition) is 1. The van der Waals surface area contributed by atoms with Crippen LogP contribution in [0.5, 0.6) is 5.75 Å². The Kier molecular flexibility index (Phi) is 6.53. The van der Waals surface area contributed by atoms with Crippen LogP contribution in [0, 0.1) is 5.92 Å². The summed E-state index contributed by atoms with van der Waals surface area (Å²) in [6.45, 7) is 2.79. The monoisotopic (exact) mass is 372 g/mol. The third kappa shape index (κ3) is 5.23. The number of amides is 1. The molecule has 5 heteroatoms. The maximum Gasteiger partial charge on any atom is 0.226 e. The molecule has 1 saturated heterocycles. The number of nitrogens with two attached hydrogens (primary N) is 1. The third-order valence-electron chi connectivity index (χ3n) is 4.85. The fourth-order valence-electron chi connectivity index (χ4n) is 3.24. The van der Waals surface area contributed by atoms with Crippen LogP contribution in [-0.2, 0) is 17.8 Å². The largest absolute Gasteiger partial charge is 0.489 e. The summed E-state index contributed by atoms with van der Waals surface area (Å²) in [7, 11) is 0. The van der Waals surface area contributed by atoms with Gasteiger partial charge in [-0.15, -0.1) is 0 Å². The minimum atomic E-state index is 0.174. The smallest absolute Gasteiger partial charge is 0.226 e. The summed E-state index contributed by atoms with van der Waals surface area (Å²) in [6, 6.07) is 15.4. The molecule has 0 atom stereocenters. The topological polar surface area (TPSA) is 55.6 Å². The average Bonchev–Trinajstić information content (AvgIpc) is 2.67. The van der Waals surface area contributed by atoms with Gasteiger partial charge < -0.3 is 15.4 Å². The van der Waals surface area contributed by atoms with E-state index in [1.807, 2.05) is 53.4 Å². The Balaban J connectivity index is 1.54. The van der Waals surface area contributed by atoms with Gasteiger partial charge in [-0.1, -0.05) is 35.9 Å². The van der Waals surface area contributed by atoms with Gasteiger partial charge >= 0.3 is 0 Å². The summed E-state index contributed by atoms with van der Waals surface area (Å²) in [6.07, 6.45) is 2.41. The number of rotatable bonds is 6. The van der Waals surface area contributed by atoms with Crippen molar-refractivity contribution in [3.63, 3.8) is 0 Å². The molecule has 3 rings (SSSR count). The van der Waals surface area contributed by atoms with E-state index in [0.717, 1.165) is 42.8 Å². The number of ether oxygens (including phenoxy) is 1. The number of nitrogens with zero attached hydrogens (tertiary/aromatic N) is 1. The highest BCUT2D eigenvalue weighted by molar-refractivity contribution is 6.30. The summed E-state index contributed by atoms with van der Waals surface area (Å²) in [5, 5.41) is 0.698. The van der Waals surface area contributed by atoms with Crippen molar-refractivity contribution < 1.29 is 9.53 Å². The Morgan fingerprint density at radius 1 is 1.12 bits per heavy atom. The lowest BCUT2D eigenvalue weighted by molar-refractivity contribution is -0.131. The van der Waals surface area contributed by atoms with E-state index in [1.165, 1.54) is 0 Å². The number of halogens is 1. The number of carbonyl (C=O) groups excluding carboxylic acids is 1. The zero-order valence-electron chi connectivity index (χ0n) is 14.9. The average molecular weight is 373 g/mol. The number of carbonyl (C=O) groups is 1. The molecule has 1 aliphatic heterocycles. The first-order valence-electron chi connectivity index (χ1n) is 9.08. The van der Waals surface area contributed by atoms with Crippen LogP contribution in [0.2, 0.25) is 5.02 Å². The van der Waals surface area contributed by atoms with Crippen LogP contribution in [0.25, 0.3) is 0 Å². The molecule has 1 aliphatic rings. The lowest BCUT2D eigenvalue weighted by Gasteiger charge is -2.31. The van der Waals surface area contributed by atoms with Crippen molar-refractivity contribution in [2.24, 2.45) is 11.7 Å². The molecule has 0 bridgehead atoms. The van der Waals surface area contributed by atoms with E-state index in [1.54, 1.807) is 0 Å². The van der Waals surface area contributed by atoms with Crippen LogP contribution < -0.4 is 10.5 Å². The van der Waals surface area contributed by atoms with E-state index in [-0.39, 0.29) is 5.91 Å². The summed E-state index contributed by atoms with van der Waals surface area (Å²) in [4.78, 5) is 14.5. The molecule has 2 aromatic rings. The zero-order chi connectivity index (χ0) is 18.4. The fourth-order valence-corrected chi connectivity index (χ4v) is 3.46. The maximum atomic E-state index is 12.5. The molecule has 0 aromatic heterocycles. The summed E-state index contributed by atoms with van der Waals surface area (Å²) in [5.74, 6) is 1.49. The number of benzene rings is 2. The number of piperidine rings is 1. The van der Waals surface area contributed by atoms with Gasteiger partial charge in [-0.2, -0.15) is 0 Å². The zero-order valence-corrected chi connectivity index (χ0v) is 15.6. The van der Waals surface area contributed by atoms with E-state index in [0.29, 0.717) is 30.5 Å². The highest BCUT2D eigenvalue weighted by Crippen LogP contribution is 2.20. The van der Waals surface area contributed by atoms with Crippen molar-refractivity contribution in [1.82, 2.24) is 4.90 Å². The van der Waals surface area contributed by atoms with Gasteiger partial charge in [0, 0.05) is 18.1 Å². The van der Waals surface area contributed by atoms with Gasteiger partial charge in [0.2, 0.25) is 5.91 Å². The Hall–Kier alpha value is -2.04. The van der Waals surface area contributed by atoms with E-state index in [9.17, 15) is 4.79 Å². The normalized spacial score (nSPS) is 15.1. The quantitative estimate of drug-likeness (QED) is 0.841. The van der Waals surface area contributed by atoms with E-state index in [4.69, 9.17) is 22.1 Å². The van der Waals surface area contributed by atoms with Crippen molar-refractivity contribution in [3.05, 3.63) is 64.7 Å². The minimum Gasteiger partial charge on any atom is -0.489 e. The van der Waals surface area contributed by atoms with Crippen LogP contribution in [-0.4, -0.2) is 30.4 Å². The minimum absolute atomic E-state index is 0.174. The Bertz CT molecular complexity index is 742. The maximum absolute atomic E-state index is 12.5. The van der Waals surface area contributed by atoms with E-state index < -0.39 is 0 Å². The molecular formula is C21H25ClN2O2. The number of likely N-dealkylation sites (tertiary alicyclic amines) is 1. The van der Waals surface area contributed by atoms with Crippen molar-refractivity contribution in [3.8, 4) is 5.75 Å². The third-order valence-corrected chi connectivity index (χ3v) is 5.08. The molecular weight excluding hydrogens is 348 g/mol. The van der Waals surface area contributed by atoms with Gasteiger partial charge in [0.25, 0.3) is 0 Å². The molecule has 0 spiro atoms. The second-order valence-corrected chi connectivity index (χ2v) is 7.24. The fraction of sp³-hybridized carbons (Fsp3) is 0.381. The Morgan fingerprint density at radius 3 is 2.58 bits per heavy atom. The van der Waals surface area contributed by atoms with Crippen LogP contribution >= 0.6 is 11.6 Å². The second kappa shape index (κ2) is 9.06. The van der Waals surface area contributed by atoms with E-state index >= 15 is 0 Å². The lowest BCUT2D eigenvalue weighted by atomic mass is 9.96. The van der Waals surface area contributed by atoms with Crippen LogP contribution in [0.4, 0.5) is 0 Å². The molecule has 0 radical (unpaired) electrons. The van der Waals surface area contributed by atoms with Gasteiger partial charge in [-0.3, -0.25) is 4.79 Å². The molecule has 1 fully saturated rings. The highest BCUT2D eigenvalue weighted by Gasteiger charge is 2.21. The number of hydrogen-bond acceptors (Lipinski definition) is 3. The predicted octanol–water partition coefficient (Wildman–Crippen LogP) is 3.66. The molecule has 138 valence electrons. The molecule has 1 heterocycles. The van der Waals surface area contributed by atoms with Crippen LogP contribution in [0.3, 0.4) is 0 Å². The SMILES string of the molecule is NCC1CCN(C(=O)Cc2cccc(OCc3cccc(Cl)c3)c2)CC1. The highest BCUT2D eigenvalue weighted by atomic mass is 35.5. The molecule has 0 aliphatic carbocycles. The van der Waals surface area contributed by atoms with Gasteiger partial charge in [0.05, 0.1) is 6.42 Å². The van der Waals surface area contributed by atoms with Crippen LogP contribution in [0.1, 0.15) is 24.0 Å². The van der Waals surface area contributed by atoms with Crippen molar-refractivity contribution in [1.29, 1.82) is 0 Å². The standard InChI is InChI=1S/C21H25ClN2O2/c22-19-5-1-4-18(11-19)15-26-20-6-2-3-17(12-20)13-21(25)24-9-7-16(14-23)8-10-24/h1-6,11-12,16H,7-10,13-15,23H2. The Morgan fingerprint density at radius 2 is 1.85 bits per heavy atom. The van der Waals surface area contributed by atoms with Gasteiger partial charge in [0.1, 0.15) is 12.4 Å². The van der Waals surface area contributed by atoms with Crippen LogP contribution in [0.15, 0.2) is 48.5 Å². The van der Waals surface area contributed by atoms with Gasteiger partial charge in [-0.25, -0.2) is 0 Å². The molecule has 2 N–H and O–H groups in total. The van der Waals surface area contributed by atoms with E-state index in [2.05, 4.69) is 0 Å². The predicted molar refractivity (Wildman–Crippen MR) is 104 cm³/mol. The van der Waals surface area contributed by atoms with Gasteiger partial charge in [0.15, 0.2) is 0 Å². The summed E-state index contributed by atoms with van der Waals surface area (Å²) < 4.78 is 5.85. The lowest BCUT2D eigenvalue weighted by Crippen LogP contribution is -2.40. The first-order valence-corrected chi connectivity index (χ1v) is 9.46. The molecule has 26 heavy (non-hydrogen) atoms. The first kappa shape index (κ1) is 18.7. The second-order valence-electron chi connectivity index (χ2n) is 6.80. The molecule has 1 amide bonds. The summed E-state index contributed by atoms with van der Waals surface area (Å²) >= 11 is 6.00. The summed E-state index contributed by atoms with van der Waals surface area (Å²) in [5.41, 5.74) is 7.71. The van der Waals surface area contributed by atoms with Gasteiger partial charge in [-0.05, 0) is 60.7 Å².